The van der Waals surface area contributed by atoms with Crippen LogP contribution in [0.4, 0.5) is 0 Å². The fraction of sp³-hybridized carbons (Fsp3) is 0.583. The zero-order valence-corrected chi connectivity index (χ0v) is 18.4. The molecule has 0 spiro atoms. The third kappa shape index (κ3) is 4.65. The summed E-state index contributed by atoms with van der Waals surface area (Å²) in [6.45, 7) is 4.75. The van der Waals surface area contributed by atoms with E-state index < -0.39 is 5.97 Å². The lowest BCUT2D eigenvalue weighted by atomic mass is 9.78. The van der Waals surface area contributed by atoms with Crippen LogP contribution >= 0.6 is 0 Å². The average molecular weight is 426 g/mol. The summed E-state index contributed by atoms with van der Waals surface area (Å²) in [6.07, 6.45) is 7.07. The van der Waals surface area contributed by atoms with Crippen molar-refractivity contribution in [1.82, 2.24) is 14.9 Å². The highest BCUT2D eigenvalue weighted by molar-refractivity contribution is 5.95. The van der Waals surface area contributed by atoms with Crippen molar-refractivity contribution in [3.05, 3.63) is 39.9 Å². The first kappa shape index (κ1) is 21.5. The van der Waals surface area contributed by atoms with Gasteiger partial charge in [0.2, 0.25) is 0 Å². The summed E-state index contributed by atoms with van der Waals surface area (Å²) < 4.78 is 7.00. The number of hydrogen-bond acceptors (Lipinski definition) is 5. The number of aryl methyl sites for hydroxylation is 1. The van der Waals surface area contributed by atoms with Crippen LogP contribution in [0.3, 0.4) is 0 Å². The Morgan fingerprint density at radius 1 is 1.16 bits per heavy atom. The molecule has 1 amide bonds. The van der Waals surface area contributed by atoms with Gasteiger partial charge in [0.15, 0.2) is 6.61 Å². The number of carbonyl (C=O) groups excluding carboxylic acids is 2. The molecule has 1 aromatic carbocycles. The summed E-state index contributed by atoms with van der Waals surface area (Å²) in [5, 5.41) is 3.51. The molecule has 2 heterocycles. The maximum absolute atomic E-state index is 12.8. The first-order valence-corrected chi connectivity index (χ1v) is 11.4. The molecule has 1 aromatic heterocycles. The van der Waals surface area contributed by atoms with Crippen LogP contribution in [0.1, 0.15) is 68.6 Å². The quantitative estimate of drug-likeness (QED) is 0.760. The number of fused-ring (bicyclic) bond motifs is 2. The first-order valence-electron chi connectivity index (χ1n) is 11.4. The molecule has 0 saturated heterocycles. The van der Waals surface area contributed by atoms with Crippen LogP contribution in [0, 0.1) is 11.8 Å². The minimum Gasteiger partial charge on any atom is -0.452 e. The zero-order valence-electron chi connectivity index (χ0n) is 18.4. The number of amides is 1. The molecule has 3 atom stereocenters. The highest BCUT2D eigenvalue weighted by Crippen LogP contribution is 2.29. The van der Waals surface area contributed by atoms with Crippen molar-refractivity contribution in [3.63, 3.8) is 0 Å². The Morgan fingerprint density at radius 2 is 2.00 bits per heavy atom. The standard InChI is InChI=1S/C24H31N3O4/c1-15-7-6-8-19(16(15)2)26-22(28)14-31-24(30)17-10-11-18-20(13-17)25-21-9-4-3-5-12-27(21)23(18)29/h10-11,13,15-16,19H,3-9,12,14H2,1-2H3,(H,26,28)/t15-,16+,19+/m0/s1. The lowest BCUT2D eigenvalue weighted by Gasteiger charge is -2.34. The summed E-state index contributed by atoms with van der Waals surface area (Å²) in [7, 11) is 0. The molecular weight excluding hydrogens is 394 g/mol. The molecule has 2 aliphatic rings. The van der Waals surface area contributed by atoms with E-state index in [9.17, 15) is 14.4 Å². The molecule has 0 unspecified atom stereocenters. The van der Waals surface area contributed by atoms with E-state index in [1.165, 1.54) is 6.42 Å². The molecule has 1 aliphatic carbocycles. The molecule has 166 valence electrons. The third-order valence-electron chi connectivity index (χ3n) is 6.94. The molecular formula is C24H31N3O4. The van der Waals surface area contributed by atoms with Gasteiger partial charge in [-0.25, -0.2) is 9.78 Å². The van der Waals surface area contributed by atoms with Gasteiger partial charge in [0.1, 0.15) is 5.82 Å². The molecule has 0 bridgehead atoms. The molecule has 31 heavy (non-hydrogen) atoms. The number of carbonyl (C=O) groups is 2. The van der Waals surface area contributed by atoms with E-state index in [4.69, 9.17) is 4.74 Å². The molecule has 2 aromatic rings. The van der Waals surface area contributed by atoms with Crippen molar-refractivity contribution in [2.24, 2.45) is 11.8 Å². The summed E-state index contributed by atoms with van der Waals surface area (Å²) in [5.74, 6) is 0.900. The highest BCUT2D eigenvalue weighted by atomic mass is 16.5. The van der Waals surface area contributed by atoms with Crippen molar-refractivity contribution in [2.45, 2.75) is 71.4 Å². The molecule has 4 rings (SSSR count). The Labute approximate surface area is 182 Å². The summed E-state index contributed by atoms with van der Waals surface area (Å²) >= 11 is 0. The second-order valence-electron chi connectivity index (χ2n) is 9.04. The van der Waals surface area contributed by atoms with E-state index in [0.717, 1.165) is 44.3 Å². The lowest BCUT2D eigenvalue weighted by Crippen LogP contribution is -2.45. The van der Waals surface area contributed by atoms with Crippen LogP contribution in [0.25, 0.3) is 10.9 Å². The number of nitrogens with one attached hydrogen (secondary N) is 1. The maximum Gasteiger partial charge on any atom is 0.338 e. The van der Waals surface area contributed by atoms with Gasteiger partial charge in [0, 0.05) is 19.0 Å². The third-order valence-corrected chi connectivity index (χ3v) is 6.94. The largest absolute Gasteiger partial charge is 0.452 e. The monoisotopic (exact) mass is 425 g/mol. The summed E-state index contributed by atoms with van der Waals surface area (Å²) in [4.78, 5) is 42.3. The number of benzene rings is 1. The van der Waals surface area contributed by atoms with Gasteiger partial charge in [0.05, 0.1) is 16.5 Å². The smallest absolute Gasteiger partial charge is 0.338 e. The predicted octanol–water partition coefficient (Wildman–Crippen LogP) is 3.22. The minimum absolute atomic E-state index is 0.0583. The van der Waals surface area contributed by atoms with E-state index in [1.807, 2.05) is 0 Å². The molecule has 1 fully saturated rings. The van der Waals surface area contributed by atoms with Crippen LogP contribution in [-0.2, 0) is 22.5 Å². The normalized spacial score (nSPS) is 23.6. The van der Waals surface area contributed by atoms with Gasteiger partial charge in [-0.3, -0.25) is 14.2 Å². The van der Waals surface area contributed by atoms with Crippen LogP contribution in [-0.4, -0.2) is 34.1 Å². The number of hydrogen-bond donors (Lipinski definition) is 1. The number of rotatable bonds is 4. The van der Waals surface area contributed by atoms with Crippen molar-refractivity contribution >= 4 is 22.8 Å². The first-order chi connectivity index (χ1) is 14.9. The second kappa shape index (κ2) is 9.20. The van der Waals surface area contributed by atoms with Gasteiger partial charge >= 0.3 is 5.97 Å². The number of esters is 1. The number of ether oxygens (including phenoxy) is 1. The average Bonchev–Trinajstić information content (AvgIpc) is 3.01. The van der Waals surface area contributed by atoms with E-state index in [1.54, 1.807) is 22.8 Å². The molecule has 0 radical (unpaired) electrons. The van der Waals surface area contributed by atoms with Gasteiger partial charge < -0.3 is 10.1 Å². The number of nitrogens with zero attached hydrogens (tertiary/aromatic N) is 2. The lowest BCUT2D eigenvalue weighted by molar-refractivity contribution is -0.125. The van der Waals surface area contributed by atoms with E-state index in [0.29, 0.717) is 34.8 Å². The van der Waals surface area contributed by atoms with E-state index in [2.05, 4.69) is 24.1 Å². The van der Waals surface area contributed by atoms with Crippen molar-refractivity contribution in [2.75, 3.05) is 6.61 Å². The van der Waals surface area contributed by atoms with Gasteiger partial charge in [-0.2, -0.15) is 0 Å². The molecule has 1 aliphatic heterocycles. The molecule has 7 nitrogen and oxygen atoms in total. The van der Waals surface area contributed by atoms with Crippen LogP contribution in [0.15, 0.2) is 23.0 Å². The van der Waals surface area contributed by atoms with Crippen molar-refractivity contribution in [1.29, 1.82) is 0 Å². The predicted molar refractivity (Wildman–Crippen MR) is 118 cm³/mol. The second-order valence-corrected chi connectivity index (χ2v) is 9.04. The van der Waals surface area contributed by atoms with Crippen LogP contribution < -0.4 is 10.9 Å². The fourth-order valence-corrected chi connectivity index (χ4v) is 4.79. The maximum atomic E-state index is 12.8. The van der Waals surface area contributed by atoms with Crippen molar-refractivity contribution in [3.8, 4) is 0 Å². The Hall–Kier alpha value is -2.70. The van der Waals surface area contributed by atoms with E-state index in [-0.39, 0.29) is 24.1 Å². The summed E-state index contributed by atoms with van der Waals surface area (Å²) in [5.41, 5.74) is 0.740. The molecule has 1 N–H and O–H groups in total. The van der Waals surface area contributed by atoms with Crippen LogP contribution in [0.2, 0.25) is 0 Å². The van der Waals surface area contributed by atoms with Gasteiger partial charge in [-0.15, -0.1) is 0 Å². The van der Waals surface area contributed by atoms with E-state index >= 15 is 0 Å². The molecule has 1 saturated carbocycles. The van der Waals surface area contributed by atoms with Crippen molar-refractivity contribution < 1.29 is 14.3 Å². The fourth-order valence-electron chi connectivity index (χ4n) is 4.79. The molecule has 7 heteroatoms. The highest BCUT2D eigenvalue weighted by Gasteiger charge is 2.28. The zero-order chi connectivity index (χ0) is 22.0. The Morgan fingerprint density at radius 3 is 2.84 bits per heavy atom. The minimum atomic E-state index is -0.584. The topological polar surface area (TPSA) is 90.3 Å². The summed E-state index contributed by atoms with van der Waals surface area (Å²) in [6, 6.07) is 4.92. The Balaban J connectivity index is 1.43. The van der Waals surface area contributed by atoms with Gasteiger partial charge in [-0.05, 0) is 49.3 Å². The van der Waals surface area contributed by atoms with Gasteiger partial charge in [0.25, 0.3) is 11.5 Å². The van der Waals surface area contributed by atoms with Gasteiger partial charge in [-0.1, -0.05) is 33.1 Å². The van der Waals surface area contributed by atoms with Crippen LogP contribution in [0.5, 0.6) is 0 Å². The Bertz CT molecular complexity index is 1050. The number of aromatic nitrogens is 2. The Kier molecular flexibility index (Phi) is 6.39. The SMILES string of the molecule is C[C@@H]1[C@@H](C)CCC[C@H]1NC(=O)COC(=O)c1ccc2c(=O)n3c(nc2c1)CCCCC3.